The standard InChI is InChI=1S/C14H22N3O12P3/c1-8(2)13-9-3-4-17(14(9)16-7-15-13)12-5-10(18)11(27-12)6-26-31(22,23)29-32(24,25)28-30(19,20)21/h3-4,7-8,10-12,18H,5-6H2,1-2H3,(H,22,23)(H,24,25)(H2,19,20,21). The number of aromatic nitrogens is 3. The first-order valence-corrected chi connectivity index (χ1v) is 13.6. The van der Waals surface area contributed by atoms with E-state index in [0.717, 1.165) is 11.1 Å². The van der Waals surface area contributed by atoms with E-state index >= 15 is 0 Å². The van der Waals surface area contributed by atoms with Gasteiger partial charge in [0.15, 0.2) is 0 Å². The van der Waals surface area contributed by atoms with E-state index in [1.807, 2.05) is 13.8 Å². The first-order chi connectivity index (χ1) is 14.7. The number of nitrogens with zero attached hydrogens (tertiary/aromatic N) is 3. The second-order valence-corrected chi connectivity index (χ2v) is 11.6. The second-order valence-electron chi connectivity index (χ2n) is 7.19. The zero-order chi connectivity index (χ0) is 23.9. The van der Waals surface area contributed by atoms with Crippen LogP contribution in [-0.4, -0.2) is 58.0 Å². The van der Waals surface area contributed by atoms with Gasteiger partial charge in [-0.1, -0.05) is 13.8 Å². The number of hydrogen-bond acceptors (Lipinski definition) is 10. The number of ether oxygens (including phenoxy) is 1. The summed E-state index contributed by atoms with van der Waals surface area (Å²) >= 11 is 0. The van der Waals surface area contributed by atoms with Crippen molar-refractivity contribution in [1.29, 1.82) is 0 Å². The molecule has 0 amide bonds. The van der Waals surface area contributed by atoms with Crippen molar-refractivity contribution < 1.29 is 56.3 Å². The van der Waals surface area contributed by atoms with Gasteiger partial charge in [0.05, 0.1) is 18.4 Å². The normalized spacial score (nSPS) is 25.8. The van der Waals surface area contributed by atoms with Crippen LogP contribution in [-0.2, 0) is 31.6 Å². The summed E-state index contributed by atoms with van der Waals surface area (Å²) in [6.45, 7) is 3.22. The zero-order valence-corrected chi connectivity index (χ0v) is 19.4. The molecule has 5 atom stereocenters. The Morgan fingerprint density at radius 1 is 1.16 bits per heavy atom. The average Bonchev–Trinajstić information content (AvgIpc) is 3.19. The number of phosphoric ester groups is 1. The maximum atomic E-state index is 11.9. The van der Waals surface area contributed by atoms with E-state index in [-0.39, 0.29) is 12.3 Å². The van der Waals surface area contributed by atoms with Crippen LogP contribution >= 0.6 is 23.5 Å². The Labute approximate surface area is 181 Å². The van der Waals surface area contributed by atoms with Crippen LogP contribution in [0.4, 0.5) is 0 Å². The molecular weight excluding hydrogens is 495 g/mol. The van der Waals surface area contributed by atoms with Crippen LogP contribution in [0.5, 0.6) is 0 Å². The lowest BCUT2D eigenvalue weighted by Crippen LogP contribution is -2.26. The summed E-state index contributed by atoms with van der Waals surface area (Å²) in [5.41, 5.74) is 1.39. The summed E-state index contributed by atoms with van der Waals surface area (Å²) in [6.07, 6.45) is 0.214. The predicted octanol–water partition coefficient (Wildman–Crippen LogP) is 1.55. The fraction of sp³-hybridized carbons (Fsp3) is 0.571. The molecule has 1 saturated heterocycles. The first-order valence-electron chi connectivity index (χ1n) is 9.11. The van der Waals surface area contributed by atoms with Gasteiger partial charge in [0, 0.05) is 18.0 Å². The number of rotatable bonds is 9. The first kappa shape index (κ1) is 25.6. The maximum absolute atomic E-state index is 11.9. The molecule has 0 radical (unpaired) electrons. The van der Waals surface area contributed by atoms with Crippen LogP contribution in [0, 0.1) is 0 Å². The molecule has 1 fully saturated rings. The van der Waals surface area contributed by atoms with E-state index in [2.05, 4.69) is 23.1 Å². The summed E-state index contributed by atoms with van der Waals surface area (Å²) in [4.78, 5) is 44.3. The number of aliphatic hydroxyl groups excluding tert-OH is 1. The second kappa shape index (κ2) is 9.30. The van der Waals surface area contributed by atoms with Gasteiger partial charge in [-0.3, -0.25) is 4.52 Å². The summed E-state index contributed by atoms with van der Waals surface area (Å²) in [5, 5.41) is 11.1. The van der Waals surface area contributed by atoms with Crippen molar-refractivity contribution in [3.63, 3.8) is 0 Å². The van der Waals surface area contributed by atoms with Gasteiger partial charge in [0.2, 0.25) is 0 Å². The van der Waals surface area contributed by atoms with Crippen LogP contribution in [0.1, 0.15) is 38.1 Å². The molecule has 5 unspecified atom stereocenters. The Bertz CT molecular complexity index is 1120. The molecular formula is C14H22N3O12P3. The Morgan fingerprint density at radius 3 is 2.47 bits per heavy atom. The molecule has 1 aliphatic rings. The van der Waals surface area contributed by atoms with Crippen LogP contribution < -0.4 is 0 Å². The molecule has 0 spiro atoms. The molecule has 1 aliphatic heterocycles. The molecule has 5 N–H and O–H groups in total. The minimum absolute atomic E-state index is 0.0786. The number of fused-ring (bicyclic) bond motifs is 1. The Balaban J connectivity index is 1.67. The fourth-order valence-corrected chi connectivity index (χ4v) is 6.22. The SMILES string of the molecule is CC(C)c1ncnc2c1ccn2C1CC(O)C(COP(=O)(O)OP(=O)(O)OP(=O)(O)O)O1. The minimum Gasteiger partial charge on any atom is -0.390 e. The van der Waals surface area contributed by atoms with Gasteiger partial charge in [-0.25, -0.2) is 23.7 Å². The van der Waals surface area contributed by atoms with E-state index in [1.165, 1.54) is 6.33 Å². The summed E-state index contributed by atoms with van der Waals surface area (Å²) in [7, 11) is -16.4. The molecule has 0 aromatic carbocycles. The highest BCUT2D eigenvalue weighted by Crippen LogP contribution is 2.66. The lowest BCUT2D eigenvalue weighted by atomic mass is 10.1. The van der Waals surface area contributed by atoms with Crippen molar-refractivity contribution in [3.05, 3.63) is 24.3 Å². The highest BCUT2D eigenvalue weighted by molar-refractivity contribution is 7.66. The molecule has 180 valence electrons. The third-order valence-electron chi connectivity index (χ3n) is 4.42. The van der Waals surface area contributed by atoms with E-state index < -0.39 is 48.5 Å². The highest BCUT2D eigenvalue weighted by atomic mass is 31.3. The number of aliphatic hydroxyl groups is 1. The Kier molecular flexibility index (Phi) is 7.43. The molecule has 3 heterocycles. The monoisotopic (exact) mass is 517 g/mol. The third kappa shape index (κ3) is 6.29. The molecule has 32 heavy (non-hydrogen) atoms. The zero-order valence-electron chi connectivity index (χ0n) is 16.7. The lowest BCUT2D eigenvalue weighted by molar-refractivity contribution is -0.0421. The van der Waals surface area contributed by atoms with Gasteiger partial charge in [-0.15, -0.1) is 0 Å². The van der Waals surface area contributed by atoms with E-state index in [9.17, 15) is 23.7 Å². The molecule has 2 aromatic heterocycles. The number of hydrogen-bond donors (Lipinski definition) is 5. The van der Waals surface area contributed by atoms with Gasteiger partial charge in [0.1, 0.15) is 24.3 Å². The third-order valence-corrected chi connectivity index (χ3v) is 8.22. The predicted molar refractivity (Wildman–Crippen MR) is 106 cm³/mol. The molecule has 0 saturated carbocycles. The molecule has 3 rings (SSSR count). The van der Waals surface area contributed by atoms with Crippen molar-refractivity contribution in [2.24, 2.45) is 0 Å². The molecule has 2 aromatic rings. The largest absolute Gasteiger partial charge is 0.490 e. The van der Waals surface area contributed by atoms with Crippen molar-refractivity contribution in [1.82, 2.24) is 14.5 Å². The van der Waals surface area contributed by atoms with Crippen LogP contribution in [0.2, 0.25) is 0 Å². The van der Waals surface area contributed by atoms with Gasteiger partial charge >= 0.3 is 23.5 Å². The van der Waals surface area contributed by atoms with E-state index in [4.69, 9.17) is 19.4 Å². The van der Waals surface area contributed by atoms with Gasteiger partial charge in [0.25, 0.3) is 0 Å². The molecule has 15 nitrogen and oxygen atoms in total. The average molecular weight is 517 g/mol. The number of phosphoric acid groups is 3. The summed E-state index contributed by atoms with van der Waals surface area (Å²) in [5.74, 6) is 0.142. The van der Waals surface area contributed by atoms with Gasteiger partial charge in [-0.05, 0) is 12.0 Å². The van der Waals surface area contributed by atoms with Crippen LogP contribution in [0.25, 0.3) is 11.0 Å². The molecule has 0 bridgehead atoms. The van der Waals surface area contributed by atoms with Crippen LogP contribution in [0.3, 0.4) is 0 Å². The fourth-order valence-electron chi connectivity index (χ4n) is 3.19. The van der Waals surface area contributed by atoms with E-state index in [1.54, 1.807) is 16.8 Å². The lowest BCUT2D eigenvalue weighted by Gasteiger charge is -2.19. The smallest absolute Gasteiger partial charge is 0.390 e. The summed E-state index contributed by atoms with van der Waals surface area (Å²) < 4.78 is 53.0. The van der Waals surface area contributed by atoms with Crippen molar-refractivity contribution in [3.8, 4) is 0 Å². The van der Waals surface area contributed by atoms with Crippen LogP contribution in [0.15, 0.2) is 18.6 Å². The van der Waals surface area contributed by atoms with Gasteiger partial charge in [-0.2, -0.15) is 8.62 Å². The topological polar surface area (TPSA) is 220 Å². The Morgan fingerprint density at radius 2 is 1.84 bits per heavy atom. The van der Waals surface area contributed by atoms with Gasteiger partial charge < -0.3 is 34.0 Å². The minimum atomic E-state index is -5.63. The highest BCUT2D eigenvalue weighted by Gasteiger charge is 2.43. The maximum Gasteiger partial charge on any atom is 0.490 e. The Hall–Kier alpha value is -1.05. The van der Waals surface area contributed by atoms with Crippen molar-refractivity contribution in [2.75, 3.05) is 6.61 Å². The quantitative estimate of drug-likeness (QED) is 0.298. The van der Waals surface area contributed by atoms with Crippen molar-refractivity contribution >= 4 is 34.5 Å². The van der Waals surface area contributed by atoms with Crippen molar-refractivity contribution in [2.45, 2.75) is 44.6 Å². The molecule has 0 aliphatic carbocycles. The summed E-state index contributed by atoms with van der Waals surface area (Å²) in [6, 6.07) is 1.81. The van der Waals surface area contributed by atoms with E-state index in [0.29, 0.717) is 5.65 Å². The molecule has 18 heteroatoms.